The van der Waals surface area contributed by atoms with Gasteiger partial charge in [-0.25, -0.2) is 0 Å². The summed E-state index contributed by atoms with van der Waals surface area (Å²) < 4.78 is 5.07. The Kier molecular flexibility index (Phi) is 3.64. The summed E-state index contributed by atoms with van der Waals surface area (Å²) in [5.41, 5.74) is 6.94. The lowest BCUT2D eigenvalue weighted by atomic mass is 10.0. The number of hydrogen-bond donors (Lipinski definition) is 2. The molecule has 1 atom stereocenters. The fourth-order valence-corrected chi connectivity index (χ4v) is 1.68. The second kappa shape index (κ2) is 5.19. The van der Waals surface area contributed by atoms with Gasteiger partial charge in [-0.2, -0.15) is 0 Å². The zero-order valence-corrected chi connectivity index (χ0v) is 9.98. The Hall–Kier alpha value is -1.55. The smallest absolute Gasteiger partial charge is 0.222 e. The van der Waals surface area contributed by atoms with Crippen molar-refractivity contribution >= 4 is 5.91 Å². The van der Waals surface area contributed by atoms with E-state index in [1.165, 1.54) is 0 Å². The fourth-order valence-electron chi connectivity index (χ4n) is 1.68. The van der Waals surface area contributed by atoms with E-state index in [9.17, 15) is 4.79 Å². The lowest BCUT2D eigenvalue weighted by molar-refractivity contribution is -0.121. The predicted molar refractivity (Wildman–Crippen MR) is 65.7 cm³/mol. The molecule has 0 heterocycles. The van der Waals surface area contributed by atoms with Crippen molar-refractivity contribution in [1.29, 1.82) is 0 Å². The first-order valence-electron chi connectivity index (χ1n) is 5.88. The molecular weight excluding hydrogens is 216 g/mol. The molecular formula is C13H18N2O2. The molecule has 1 saturated carbocycles. The van der Waals surface area contributed by atoms with Gasteiger partial charge in [-0.1, -0.05) is 12.1 Å². The third kappa shape index (κ3) is 3.46. The Morgan fingerprint density at radius 2 is 2.12 bits per heavy atom. The van der Waals surface area contributed by atoms with Crippen LogP contribution >= 0.6 is 0 Å². The average Bonchev–Trinajstić information content (AvgIpc) is 3.12. The summed E-state index contributed by atoms with van der Waals surface area (Å²) in [6.45, 7) is 0. The molecule has 0 bridgehead atoms. The summed E-state index contributed by atoms with van der Waals surface area (Å²) in [7, 11) is 1.62. The van der Waals surface area contributed by atoms with Crippen LogP contribution in [-0.4, -0.2) is 19.1 Å². The van der Waals surface area contributed by atoms with Crippen LogP contribution in [0.25, 0.3) is 0 Å². The molecule has 17 heavy (non-hydrogen) atoms. The van der Waals surface area contributed by atoms with Crippen molar-refractivity contribution in [2.24, 2.45) is 5.73 Å². The van der Waals surface area contributed by atoms with Crippen molar-refractivity contribution in [3.8, 4) is 5.75 Å². The first-order chi connectivity index (χ1) is 8.19. The van der Waals surface area contributed by atoms with Gasteiger partial charge in [0.15, 0.2) is 0 Å². The maximum atomic E-state index is 11.6. The van der Waals surface area contributed by atoms with Gasteiger partial charge in [-0.15, -0.1) is 0 Å². The van der Waals surface area contributed by atoms with Gasteiger partial charge in [0.1, 0.15) is 5.75 Å². The highest BCUT2D eigenvalue weighted by molar-refractivity contribution is 5.77. The molecule has 92 valence electrons. The lowest BCUT2D eigenvalue weighted by Crippen LogP contribution is -2.29. The molecule has 0 aliphatic heterocycles. The van der Waals surface area contributed by atoms with Gasteiger partial charge >= 0.3 is 0 Å². The number of carbonyl (C=O) groups is 1. The van der Waals surface area contributed by atoms with Gasteiger partial charge in [0, 0.05) is 18.5 Å². The fraction of sp³-hybridized carbons (Fsp3) is 0.462. The van der Waals surface area contributed by atoms with Crippen LogP contribution in [0.1, 0.15) is 30.9 Å². The molecule has 0 aromatic heterocycles. The minimum absolute atomic E-state index is 0.0378. The first-order valence-corrected chi connectivity index (χ1v) is 5.88. The number of rotatable bonds is 5. The van der Waals surface area contributed by atoms with E-state index in [0.29, 0.717) is 12.5 Å². The summed E-state index contributed by atoms with van der Waals surface area (Å²) in [6, 6.07) is 7.65. The highest BCUT2D eigenvalue weighted by Crippen LogP contribution is 2.21. The van der Waals surface area contributed by atoms with E-state index in [-0.39, 0.29) is 11.9 Å². The number of carbonyl (C=O) groups excluding carboxylic acids is 1. The van der Waals surface area contributed by atoms with Crippen LogP contribution in [0.15, 0.2) is 24.3 Å². The van der Waals surface area contributed by atoms with Crippen molar-refractivity contribution < 1.29 is 9.53 Å². The number of nitrogens with two attached hydrogens (primary N) is 1. The zero-order chi connectivity index (χ0) is 12.3. The molecule has 0 radical (unpaired) electrons. The molecule has 1 aliphatic rings. The maximum absolute atomic E-state index is 11.6. The van der Waals surface area contributed by atoms with Crippen molar-refractivity contribution in [2.45, 2.75) is 31.3 Å². The van der Waals surface area contributed by atoms with Crippen LogP contribution in [0, 0.1) is 0 Å². The van der Waals surface area contributed by atoms with Crippen LogP contribution in [0.4, 0.5) is 0 Å². The molecule has 1 unspecified atom stereocenters. The van der Waals surface area contributed by atoms with Gasteiger partial charge in [-0.3, -0.25) is 4.79 Å². The average molecular weight is 234 g/mol. The quantitative estimate of drug-likeness (QED) is 0.808. The van der Waals surface area contributed by atoms with Crippen LogP contribution in [0.3, 0.4) is 0 Å². The van der Waals surface area contributed by atoms with Gasteiger partial charge < -0.3 is 15.8 Å². The van der Waals surface area contributed by atoms with E-state index in [2.05, 4.69) is 5.32 Å². The highest BCUT2D eigenvalue weighted by atomic mass is 16.5. The molecule has 1 fully saturated rings. The second-order valence-electron chi connectivity index (χ2n) is 4.43. The van der Waals surface area contributed by atoms with Crippen LogP contribution < -0.4 is 15.8 Å². The number of hydrogen-bond acceptors (Lipinski definition) is 3. The number of nitrogens with one attached hydrogen (secondary N) is 1. The molecule has 0 saturated heterocycles. The number of amides is 1. The molecule has 1 aromatic rings. The van der Waals surface area contributed by atoms with E-state index in [0.717, 1.165) is 24.2 Å². The molecule has 0 spiro atoms. The number of methoxy groups -OCH3 is 1. The van der Waals surface area contributed by atoms with Crippen LogP contribution in [0.2, 0.25) is 0 Å². The van der Waals surface area contributed by atoms with Crippen LogP contribution in [0.5, 0.6) is 5.75 Å². The van der Waals surface area contributed by atoms with E-state index in [1.54, 1.807) is 7.11 Å². The SMILES string of the molecule is COc1ccc(C(N)CC(=O)NC2CC2)cc1. The summed E-state index contributed by atoms with van der Waals surface area (Å²) in [5, 5.41) is 2.93. The van der Waals surface area contributed by atoms with Crippen molar-refractivity contribution in [1.82, 2.24) is 5.32 Å². The second-order valence-corrected chi connectivity index (χ2v) is 4.43. The van der Waals surface area contributed by atoms with E-state index < -0.39 is 0 Å². The number of benzene rings is 1. The zero-order valence-electron chi connectivity index (χ0n) is 9.98. The summed E-state index contributed by atoms with van der Waals surface area (Å²) in [5.74, 6) is 0.833. The predicted octanol–water partition coefficient (Wildman–Crippen LogP) is 1.36. The van der Waals surface area contributed by atoms with Crippen molar-refractivity contribution in [2.75, 3.05) is 7.11 Å². The van der Waals surface area contributed by atoms with Gasteiger partial charge in [0.2, 0.25) is 5.91 Å². The first kappa shape index (κ1) is 11.9. The molecule has 4 nitrogen and oxygen atoms in total. The Balaban J connectivity index is 1.88. The number of ether oxygens (including phenoxy) is 1. The minimum atomic E-state index is -0.250. The van der Waals surface area contributed by atoms with Gasteiger partial charge in [0.25, 0.3) is 0 Å². The third-order valence-electron chi connectivity index (χ3n) is 2.89. The van der Waals surface area contributed by atoms with E-state index in [1.807, 2.05) is 24.3 Å². The summed E-state index contributed by atoms with van der Waals surface area (Å²) in [4.78, 5) is 11.6. The molecule has 3 N–H and O–H groups in total. The summed E-state index contributed by atoms with van der Waals surface area (Å²) >= 11 is 0. The van der Waals surface area contributed by atoms with Crippen molar-refractivity contribution in [3.63, 3.8) is 0 Å². The molecule has 1 aromatic carbocycles. The Labute approximate surface area is 101 Å². The van der Waals surface area contributed by atoms with Gasteiger partial charge in [-0.05, 0) is 30.5 Å². The topological polar surface area (TPSA) is 64.3 Å². The summed E-state index contributed by atoms with van der Waals surface area (Å²) in [6.07, 6.45) is 2.54. The lowest BCUT2D eigenvalue weighted by Gasteiger charge is -2.12. The van der Waals surface area contributed by atoms with Crippen LogP contribution in [-0.2, 0) is 4.79 Å². The monoisotopic (exact) mass is 234 g/mol. The van der Waals surface area contributed by atoms with Crippen molar-refractivity contribution in [3.05, 3.63) is 29.8 Å². The van der Waals surface area contributed by atoms with Gasteiger partial charge in [0.05, 0.1) is 7.11 Å². The largest absolute Gasteiger partial charge is 0.497 e. The molecule has 1 amide bonds. The Morgan fingerprint density at radius 3 is 2.65 bits per heavy atom. The highest BCUT2D eigenvalue weighted by Gasteiger charge is 2.24. The molecule has 4 heteroatoms. The van der Waals surface area contributed by atoms with E-state index in [4.69, 9.17) is 10.5 Å². The Bertz CT molecular complexity index is 385. The third-order valence-corrected chi connectivity index (χ3v) is 2.89. The maximum Gasteiger partial charge on any atom is 0.222 e. The normalized spacial score (nSPS) is 16.4. The molecule has 2 rings (SSSR count). The minimum Gasteiger partial charge on any atom is -0.497 e. The standard InChI is InChI=1S/C13H18N2O2/c1-17-11-6-2-9(3-7-11)12(14)8-13(16)15-10-4-5-10/h2-3,6-7,10,12H,4-5,8,14H2,1H3,(H,15,16). The molecule has 1 aliphatic carbocycles. The Morgan fingerprint density at radius 1 is 1.47 bits per heavy atom. The van der Waals surface area contributed by atoms with E-state index >= 15 is 0 Å².